The molecule has 0 heterocycles. The van der Waals surface area contributed by atoms with Gasteiger partial charge in [-0.2, -0.15) is 0 Å². The normalized spacial score (nSPS) is 12.2. The fourth-order valence-corrected chi connectivity index (χ4v) is 3.25. The van der Waals surface area contributed by atoms with Gasteiger partial charge >= 0.3 is 0 Å². The van der Waals surface area contributed by atoms with Crippen LogP contribution in [0, 0.1) is 0 Å². The van der Waals surface area contributed by atoms with Gasteiger partial charge in [0.25, 0.3) is 0 Å². The van der Waals surface area contributed by atoms with Crippen molar-refractivity contribution >= 4 is 19.9 Å². The SMILES string of the molecule is COc1ccc(OC)c(S(=O)(=O)NCCS(C)(=O)=O)c1. The first-order valence-corrected chi connectivity index (χ1v) is 9.13. The molecule has 0 saturated carbocycles. The minimum absolute atomic E-state index is 0.104. The summed E-state index contributed by atoms with van der Waals surface area (Å²) in [7, 11) is -4.36. The summed E-state index contributed by atoms with van der Waals surface area (Å²) in [5.41, 5.74) is 0. The molecule has 0 fully saturated rings. The van der Waals surface area contributed by atoms with Crippen LogP contribution >= 0.6 is 0 Å². The highest BCUT2D eigenvalue weighted by molar-refractivity contribution is 7.91. The van der Waals surface area contributed by atoms with E-state index in [4.69, 9.17) is 9.47 Å². The molecule has 0 aliphatic rings. The molecule has 20 heavy (non-hydrogen) atoms. The van der Waals surface area contributed by atoms with Gasteiger partial charge in [-0.05, 0) is 12.1 Å². The van der Waals surface area contributed by atoms with Gasteiger partial charge in [-0.25, -0.2) is 21.6 Å². The lowest BCUT2D eigenvalue weighted by atomic mass is 10.3. The molecular weight excluding hydrogens is 306 g/mol. The highest BCUT2D eigenvalue weighted by Crippen LogP contribution is 2.27. The van der Waals surface area contributed by atoms with Gasteiger partial charge in [0, 0.05) is 18.9 Å². The van der Waals surface area contributed by atoms with E-state index < -0.39 is 19.9 Å². The Morgan fingerprint density at radius 2 is 1.75 bits per heavy atom. The Hall–Kier alpha value is -1.32. The van der Waals surface area contributed by atoms with Gasteiger partial charge in [-0.3, -0.25) is 0 Å². The van der Waals surface area contributed by atoms with Crippen molar-refractivity contribution in [3.05, 3.63) is 18.2 Å². The maximum absolute atomic E-state index is 12.1. The number of rotatable bonds is 7. The summed E-state index contributed by atoms with van der Waals surface area (Å²) in [6, 6.07) is 4.33. The predicted molar refractivity (Wildman–Crippen MR) is 74.4 cm³/mol. The van der Waals surface area contributed by atoms with Crippen LogP contribution in [0.5, 0.6) is 11.5 Å². The number of methoxy groups -OCH3 is 2. The molecule has 0 amide bonds. The van der Waals surface area contributed by atoms with Gasteiger partial charge in [0.15, 0.2) is 0 Å². The van der Waals surface area contributed by atoms with Crippen LogP contribution in [0.15, 0.2) is 23.1 Å². The average molecular weight is 323 g/mol. The van der Waals surface area contributed by atoms with E-state index in [-0.39, 0.29) is 22.9 Å². The highest BCUT2D eigenvalue weighted by Gasteiger charge is 2.20. The van der Waals surface area contributed by atoms with Crippen molar-refractivity contribution < 1.29 is 26.3 Å². The van der Waals surface area contributed by atoms with Crippen LogP contribution in [0.1, 0.15) is 0 Å². The minimum Gasteiger partial charge on any atom is -0.497 e. The molecule has 9 heteroatoms. The molecule has 1 rings (SSSR count). The van der Waals surface area contributed by atoms with Gasteiger partial charge < -0.3 is 9.47 Å². The number of sulfonamides is 1. The highest BCUT2D eigenvalue weighted by atomic mass is 32.2. The van der Waals surface area contributed by atoms with Crippen LogP contribution < -0.4 is 14.2 Å². The Morgan fingerprint density at radius 1 is 1.10 bits per heavy atom. The molecule has 0 radical (unpaired) electrons. The summed E-state index contributed by atoms with van der Waals surface area (Å²) >= 11 is 0. The quantitative estimate of drug-likeness (QED) is 0.760. The lowest BCUT2D eigenvalue weighted by Crippen LogP contribution is -2.29. The zero-order chi connectivity index (χ0) is 15.4. The lowest BCUT2D eigenvalue weighted by Gasteiger charge is -2.11. The van der Waals surface area contributed by atoms with E-state index in [2.05, 4.69) is 4.72 Å². The summed E-state index contributed by atoms with van der Waals surface area (Å²) in [5.74, 6) is 0.227. The van der Waals surface area contributed by atoms with E-state index in [1.165, 1.54) is 26.4 Å². The fourth-order valence-electron chi connectivity index (χ4n) is 1.43. The third-order valence-corrected chi connectivity index (χ3v) is 4.85. The Balaban J connectivity index is 3.02. The number of benzene rings is 1. The molecule has 114 valence electrons. The van der Waals surface area contributed by atoms with Gasteiger partial charge in [0.1, 0.15) is 26.2 Å². The van der Waals surface area contributed by atoms with Gasteiger partial charge in [0.2, 0.25) is 10.0 Å². The van der Waals surface area contributed by atoms with E-state index in [1.807, 2.05) is 0 Å². The average Bonchev–Trinajstić information content (AvgIpc) is 2.36. The summed E-state index contributed by atoms with van der Waals surface area (Å²) < 4.78 is 58.4. The van der Waals surface area contributed by atoms with Crippen molar-refractivity contribution in [2.45, 2.75) is 4.90 Å². The van der Waals surface area contributed by atoms with Gasteiger partial charge in [-0.1, -0.05) is 0 Å². The van der Waals surface area contributed by atoms with E-state index in [1.54, 1.807) is 6.07 Å². The number of nitrogens with one attached hydrogen (secondary N) is 1. The van der Waals surface area contributed by atoms with Crippen molar-refractivity contribution in [3.8, 4) is 11.5 Å². The van der Waals surface area contributed by atoms with E-state index in [0.29, 0.717) is 5.75 Å². The topological polar surface area (TPSA) is 98.8 Å². The second-order valence-electron chi connectivity index (χ2n) is 4.04. The second-order valence-corrected chi connectivity index (χ2v) is 8.04. The Morgan fingerprint density at radius 3 is 2.25 bits per heavy atom. The van der Waals surface area contributed by atoms with Crippen LogP contribution in [-0.2, 0) is 19.9 Å². The molecule has 0 bridgehead atoms. The van der Waals surface area contributed by atoms with Crippen molar-refractivity contribution in [3.63, 3.8) is 0 Å². The molecule has 0 unspecified atom stereocenters. The van der Waals surface area contributed by atoms with E-state index in [9.17, 15) is 16.8 Å². The van der Waals surface area contributed by atoms with Crippen molar-refractivity contribution in [1.29, 1.82) is 0 Å². The number of ether oxygens (including phenoxy) is 2. The molecule has 7 nitrogen and oxygen atoms in total. The largest absolute Gasteiger partial charge is 0.497 e. The van der Waals surface area contributed by atoms with Gasteiger partial charge in [0.05, 0.1) is 20.0 Å². The minimum atomic E-state index is -3.88. The van der Waals surface area contributed by atoms with Crippen LogP contribution in [0.2, 0.25) is 0 Å². The van der Waals surface area contributed by atoms with Gasteiger partial charge in [-0.15, -0.1) is 0 Å². The third kappa shape index (κ3) is 4.66. The van der Waals surface area contributed by atoms with E-state index in [0.717, 1.165) is 6.26 Å². The number of sulfone groups is 1. The first-order chi connectivity index (χ1) is 9.19. The zero-order valence-electron chi connectivity index (χ0n) is 11.4. The summed E-state index contributed by atoms with van der Waals surface area (Å²) in [6.45, 7) is -0.207. The molecular formula is C11H17NO6S2. The molecule has 0 aliphatic carbocycles. The maximum Gasteiger partial charge on any atom is 0.244 e. The molecule has 0 saturated heterocycles. The second kappa shape index (κ2) is 6.42. The standard InChI is InChI=1S/C11H17NO6S2/c1-17-9-4-5-10(18-2)11(8-9)20(15,16)12-6-7-19(3,13)14/h4-5,8,12H,6-7H2,1-3H3. The first kappa shape index (κ1) is 16.7. The number of hydrogen-bond acceptors (Lipinski definition) is 6. The van der Waals surface area contributed by atoms with Crippen LogP contribution in [-0.4, -0.2) is 49.6 Å². The smallest absolute Gasteiger partial charge is 0.244 e. The van der Waals surface area contributed by atoms with Crippen molar-refractivity contribution in [1.82, 2.24) is 4.72 Å². The monoisotopic (exact) mass is 323 g/mol. The molecule has 0 spiro atoms. The fraction of sp³-hybridized carbons (Fsp3) is 0.455. The summed E-state index contributed by atoms with van der Waals surface area (Å²) in [5, 5.41) is 0. The maximum atomic E-state index is 12.1. The Bertz CT molecular complexity index is 666. The molecule has 0 aliphatic heterocycles. The lowest BCUT2D eigenvalue weighted by molar-refractivity contribution is 0.392. The summed E-state index contributed by atoms with van der Waals surface area (Å²) in [6.07, 6.45) is 1.04. The third-order valence-electron chi connectivity index (χ3n) is 2.43. The Labute approximate surface area is 118 Å². The van der Waals surface area contributed by atoms with Crippen LogP contribution in [0.4, 0.5) is 0 Å². The molecule has 1 aromatic carbocycles. The van der Waals surface area contributed by atoms with Crippen molar-refractivity contribution in [2.24, 2.45) is 0 Å². The van der Waals surface area contributed by atoms with Crippen LogP contribution in [0.3, 0.4) is 0 Å². The molecule has 1 N–H and O–H groups in total. The Kier molecular flexibility index (Phi) is 5.37. The van der Waals surface area contributed by atoms with Crippen molar-refractivity contribution in [2.75, 3.05) is 32.8 Å². The predicted octanol–water partition coefficient (Wildman–Crippen LogP) is 0.0267. The molecule has 0 aromatic heterocycles. The first-order valence-electron chi connectivity index (χ1n) is 5.59. The van der Waals surface area contributed by atoms with Crippen LogP contribution in [0.25, 0.3) is 0 Å². The van der Waals surface area contributed by atoms with E-state index >= 15 is 0 Å². The zero-order valence-corrected chi connectivity index (χ0v) is 13.0. The molecule has 1 aromatic rings. The number of hydrogen-bond donors (Lipinski definition) is 1. The molecule has 0 atom stereocenters. The summed E-state index contributed by atoms with van der Waals surface area (Å²) in [4.78, 5) is -0.104.